The van der Waals surface area contributed by atoms with Gasteiger partial charge in [-0.15, -0.1) is 0 Å². The molecule has 0 aliphatic heterocycles. The Hall–Kier alpha value is -2.34. The molecule has 0 atom stereocenters. The van der Waals surface area contributed by atoms with Crippen LogP contribution in [0.4, 0.5) is 11.8 Å². The number of anilines is 2. The van der Waals surface area contributed by atoms with E-state index in [4.69, 9.17) is 15.6 Å². The summed E-state index contributed by atoms with van der Waals surface area (Å²) in [5.41, 5.74) is 6.39. The van der Waals surface area contributed by atoms with Crippen LogP contribution in [0.1, 0.15) is 12.5 Å². The van der Waals surface area contributed by atoms with Gasteiger partial charge in [-0.1, -0.05) is 12.1 Å². The Morgan fingerprint density at radius 3 is 2.89 bits per heavy atom. The molecule has 1 heterocycles. The van der Waals surface area contributed by atoms with Crippen LogP contribution in [0.15, 0.2) is 30.3 Å². The molecule has 0 amide bonds. The van der Waals surface area contributed by atoms with E-state index in [1.54, 1.807) is 24.3 Å². The van der Waals surface area contributed by atoms with E-state index in [2.05, 4.69) is 15.3 Å². The van der Waals surface area contributed by atoms with Gasteiger partial charge in [0.05, 0.1) is 6.61 Å². The van der Waals surface area contributed by atoms with E-state index in [0.717, 1.165) is 12.1 Å². The largest absolute Gasteiger partial charge is 0.439 e. The molecule has 19 heavy (non-hydrogen) atoms. The summed E-state index contributed by atoms with van der Waals surface area (Å²) in [5.74, 6) is 1.71. The molecule has 0 fully saturated rings. The van der Waals surface area contributed by atoms with E-state index < -0.39 is 0 Å². The molecule has 0 radical (unpaired) electrons. The Kier molecular flexibility index (Phi) is 4.15. The van der Waals surface area contributed by atoms with Crippen LogP contribution in [-0.2, 0) is 6.61 Å². The molecule has 100 valence electrons. The van der Waals surface area contributed by atoms with Crippen LogP contribution in [0.25, 0.3) is 0 Å². The lowest BCUT2D eigenvalue weighted by atomic mass is 10.2. The zero-order chi connectivity index (χ0) is 13.7. The summed E-state index contributed by atoms with van der Waals surface area (Å²) in [6.07, 6.45) is 0. The van der Waals surface area contributed by atoms with E-state index in [1.165, 1.54) is 0 Å². The van der Waals surface area contributed by atoms with Gasteiger partial charge >= 0.3 is 0 Å². The molecule has 6 nitrogen and oxygen atoms in total. The van der Waals surface area contributed by atoms with E-state index in [0.29, 0.717) is 17.4 Å². The van der Waals surface area contributed by atoms with Gasteiger partial charge in [0, 0.05) is 12.6 Å². The van der Waals surface area contributed by atoms with Crippen molar-refractivity contribution in [3.63, 3.8) is 0 Å². The van der Waals surface area contributed by atoms with Gasteiger partial charge in [0.1, 0.15) is 11.6 Å². The van der Waals surface area contributed by atoms with E-state index >= 15 is 0 Å². The fourth-order valence-electron chi connectivity index (χ4n) is 1.59. The molecule has 0 saturated heterocycles. The van der Waals surface area contributed by atoms with Gasteiger partial charge in [-0.25, -0.2) is 0 Å². The van der Waals surface area contributed by atoms with Gasteiger partial charge in [0.2, 0.25) is 11.8 Å². The molecule has 0 bridgehead atoms. The zero-order valence-corrected chi connectivity index (χ0v) is 10.6. The second-order valence-electron chi connectivity index (χ2n) is 3.89. The fourth-order valence-corrected chi connectivity index (χ4v) is 1.59. The van der Waals surface area contributed by atoms with E-state index in [9.17, 15) is 0 Å². The third kappa shape index (κ3) is 3.56. The Morgan fingerprint density at radius 1 is 1.32 bits per heavy atom. The van der Waals surface area contributed by atoms with Crippen molar-refractivity contribution >= 4 is 11.8 Å². The minimum atomic E-state index is -0.0360. The molecule has 0 unspecified atom stereocenters. The molecule has 6 heteroatoms. The first kappa shape index (κ1) is 13.1. The maximum Gasteiger partial charge on any atom is 0.226 e. The first-order valence-corrected chi connectivity index (χ1v) is 5.97. The summed E-state index contributed by atoms with van der Waals surface area (Å²) in [7, 11) is 0. The van der Waals surface area contributed by atoms with Crippen molar-refractivity contribution < 1.29 is 9.84 Å². The Morgan fingerprint density at radius 2 is 2.16 bits per heavy atom. The van der Waals surface area contributed by atoms with Crippen LogP contribution in [0.2, 0.25) is 0 Å². The molecular formula is C13H16N4O2. The number of nitrogens with zero attached hydrogens (tertiary/aromatic N) is 2. The zero-order valence-electron chi connectivity index (χ0n) is 10.6. The number of aliphatic hydroxyl groups excluding tert-OH is 1. The lowest BCUT2D eigenvalue weighted by molar-refractivity contribution is 0.281. The number of aromatic nitrogens is 2. The number of hydrogen-bond donors (Lipinski definition) is 3. The minimum absolute atomic E-state index is 0.0360. The number of benzene rings is 1. The van der Waals surface area contributed by atoms with Gasteiger partial charge in [-0.05, 0) is 24.6 Å². The topological polar surface area (TPSA) is 93.3 Å². The third-order valence-corrected chi connectivity index (χ3v) is 2.38. The summed E-state index contributed by atoms with van der Waals surface area (Å²) >= 11 is 0. The number of nitrogen functional groups attached to an aromatic ring is 1. The molecule has 0 saturated carbocycles. The number of ether oxygens (including phenoxy) is 1. The SMILES string of the molecule is CCNc1cc(Oc2cccc(CO)c2)nc(N)n1. The number of aliphatic hydroxyl groups is 1. The highest BCUT2D eigenvalue weighted by Crippen LogP contribution is 2.23. The standard InChI is InChI=1S/C13H16N4O2/c1-2-15-11-7-12(17-13(14)16-11)19-10-5-3-4-9(6-10)8-18/h3-7,18H,2,8H2,1H3,(H3,14,15,16,17). The maximum atomic E-state index is 9.08. The predicted molar refractivity (Wildman–Crippen MR) is 73.0 cm³/mol. The maximum absolute atomic E-state index is 9.08. The molecule has 2 rings (SSSR count). The lowest BCUT2D eigenvalue weighted by Gasteiger charge is -2.08. The van der Waals surface area contributed by atoms with E-state index in [-0.39, 0.29) is 12.6 Å². The second kappa shape index (κ2) is 6.01. The molecule has 0 aliphatic carbocycles. The average Bonchev–Trinajstić information content (AvgIpc) is 2.38. The van der Waals surface area contributed by atoms with Crippen molar-refractivity contribution in [3.8, 4) is 11.6 Å². The lowest BCUT2D eigenvalue weighted by Crippen LogP contribution is -2.04. The third-order valence-electron chi connectivity index (χ3n) is 2.38. The highest BCUT2D eigenvalue weighted by Gasteiger charge is 2.04. The van der Waals surface area contributed by atoms with Crippen molar-refractivity contribution in [2.45, 2.75) is 13.5 Å². The predicted octanol–water partition coefficient (Wildman–Crippen LogP) is 1.78. The molecular weight excluding hydrogens is 244 g/mol. The summed E-state index contributed by atoms with van der Waals surface area (Å²) in [6, 6.07) is 8.81. The normalized spacial score (nSPS) is 10.2. The van der Waals surface area contributed by atoms with Crippen molar-refractivity contribution in [2.75, 3.05) is 17.6 Å². The Bertz CT molecular complexity index is 560. The van der Waals surface area contributed by atoms with Gasteiger partial charge in [0.25, 0.3) is 0 Å². The summed E-state index contributed by atoms with van der Waals surface area (Å²) < 4.78 is 5.61. The number of nitrogens with two attached hydrogens (primary N) is 1. The molecule has 0 spiro atoms. The monoisotopic (exact) mass is 260 g/mol. The van der Waals surface area contributed by atoms with Crippen LogP contribution < -0.4 is 15.8 Å². The van der Waals surface area contributed by atoms with Crippen molar-refractivity contribution in [1.29, 1.82) is 0 Å². The number of rotatable bonds is 5. The summed E-state index contributed by atoms with van der Waals surface area (Å²) in [5, 5.41) is 12.1. The van der Waals surface area contributed by atoms with Gasteiger partial charge in [-0.2, -0.15) is 9.97 Å². The average molecular weight is 260 g/mol. The first-order valence-electron chi connectivity index (χ1n) is 5.97. The highest BCUT2D eigenvalue weighted by atomic mass is 16.5. The summed E-state index contributed by atoms with van der Waals surface area (Å²) in [4.78, 5) is 8.04. The van der Waals surface area contributed by atoms with E-state index in [1.807, 2.05) is 13.0 Å². The molecule has 1 aromatic heterocycles. The van der Waals surface area contributed by atoms with Crippen LogP contribution in [0.3, 0.4) is 0 Å². The minimum Gasteiger partial charge on any atom is -0.439 e. The quantitative estimate of drug-likeness (QED) is 0.758. The highest BCUT2D eigenvalue weighted by molar-refractivity contribution is 5.44. The Labute approximate surface area is 111 Å². The first-order chi connectivity index (χ1) is 9.21. The second-order valence-corrected chi connectivity index (χ2v) is 3.89. The van der Waals surface area contributed by atoms with Crippen LogP contribution in [0, 0.1) is 0 Å². The summed E-state index contributed by atoms with van der Waals surface area (Å²) in [6.45, 7) is 2.66. The Balaban J connectivity index is 2.22. The molecule has 4 N–H and O–H groups in total. The van der Waals surface area contributed by atoms with Crippen molar-refractivity contribution in [1.82, 2.24) is 9.97 Å². The number of nitrogens with one attached hydrogen (secondary N) is 1. The molecule has 0 aliphatic rings. The van der Waals surface area contributed by atoms with Crippen LogP contribution in [-0.4, -0.2) is 21.6 Å². The fraction of sp³-hybridized carbons (Fsp3) is 0.231. The van der Waals surface area contributed by atoms with Gasteiger partial charge < -0.3 is 20.9 Å². The van der Waals surface area contributed by atoms with Crippen LogP contribution in [0.5, 0.6) is 11.6 Å². The van der Waals surface area contributed by atoms with Gasteiger partial charge in [-0.3, -0.25) is 0 Å². The smallest absolute Gasteiger partial charge is 0.226 e. The van der Waals surface area contributed by atoms with Crippen LogP contribution >= 0.6 is 0 Å². The molecule has 2 aromatic rings. The van der Waals surface area contributed by atoms with Gasteiger partial charge in [0.15, 0.2) is 0 Å². The number of hydrogen-bond acceptors (Lipinski definition) is 6. The van der Waals surface area contributed by atoms with Crippen molar-refractivity contribution in [3.05, 3.63) is 35.9 Å². The molecule has 1 aromatic carbocycles. The van der Waals surface area contributed by atoms with Crippen molar-refractivity contribution in [2.24, 2.45) is 0 Å².